The van der Waals surface area contributed by atoms with E-state index in [4.69, 9.17) is 0 Å². The van der Waals surface area contributed by atoms with Crippen LogP contribution in [0.2, 0.25) is 0 Å². The molecule has 0 aliphatic heterocycles. The lowest BCUT2D eigenvalue weighted by Gasteiger charge is -2.33. The summed E-state index contributed by atoms with van der Waals surface area (Å²) in [4.78, 5) is 35.7. The normalized spacial score (nSPS) is 19.1. The fourth-order valence-electron chi connectivity index (χ4n) is 3.24. The molecule has 0 unspecified atom stereocenters. The SMILES string of the molecule is O=C(C=Cc1ccc(C(=O)NC2CC2)cc1)NC1(C(=O)O)CCCCC1. The maximum atomic E-state index is 12.2. The van der Waals surface area contributed by atoms with Crippen molar-refractivity contribution >= 4 is 23.9 Å². The van der Waals surface area contributed by atoms with Gasteiger partial charge >= 0.3 is 5.97 Å². The molecule has 2 aliphatic rings. The molecular formula is C20H24N2O4. The zero-order valence-electron chi connectivity index (χ0n) is 14.7. The summed E-state index contributed by atoms with van der Waals surface area (Å²) >= 11 is 0. The van der Waals surface area contributed by atoms with Crippen LogP contribution in [0.3, 0.4) is 0 Å². The number of aliphatic carboxylic acids is 1. The number of rotatable bonds is 6. The predicted octanol–water partition coefficient (Wildman–Crippen LogP) is 2.50. The number of nitrogens with one attached hydrogen (secondary N) is 2. The number of hydrogen-bond acceptors (Lipinski definition) is 3. The standard InChI is InChI=1S/C20H24N2O4/c23-17(22-20(19(25)26)12-2-1-3-13-20)11-6-14-4-7-15(8-5-14)18(24)21-16-9-10-16/h4-8,11,16H,1-3,9-10,12-13H2,(H,21,24)(H,22,23)(H,25,26). The predicted molar refractivity (Wildman–Crippen MR) is 97.6 cm³/mol. The molecule has 0 bridgehead atoms. The van der Waals surface area contributed by atoms with Gasteiger partial charge in [0.1, 0.15) is 5.54 Å². The van der Waals surface area contributed by atoms with E-state index < -0.39 is 17.4 Å². The lowest BCUT2D eigenvalue weighted by molar-refractivity contribution is -0.148. The van der Waals surface area contributed by atoms with Gasteiger partial charge in [-0.1, -0.05) is 31.4 Å². The van der Waals surface area contributed by atoms with Crippen LogP contribution in [-0.2, 0) is 9.59 Å². The Kier molecular flexibility index (Phi) is 5.40. The van der Waals surface area contributed by atoms with Crippen LogP contribution in [0.5, 0.6) is 0 Å². The Morgan fingerprint density at radius 2 is 1.69 bits per heavy atom. The summed E-state index contributed by atoms with van der Waals surface area (Å²) in [5, 5.41) is 15.1. The topological polar surface area (TPSA) is 95.5 Å². The Labute approximate surface area is 152 Å². The van der Waals surface area contributed by atoms with Crippen molar-refractivity contribution in [1.82, 2.24) is 10.6 Å². The quantitative estimate of drug-likeness (QED) is 0.683. The molecule has 0 aromatic heterocycles. The summed E-state index contributed by atoms with van der Waals surface area (Å²) in [5.41, 5.74) is 0.214. The van der Waals surface area contributed by atoms with Gasteiger partial charge in [-0.25, -0.2) is 4.79 Å². The Morgan fingerprint density at radius 1 is 1.04 bits per heavy atom. The molecule has 0 radical (unpaired) electrons. The first-order valence-corrected chi connectivity index (χ1v) is 9.13. The molecule has 6 nitrogen and oxygen atoms in total. The Morgan fingerprint density at radius 3 is 2.27 bits per heavy atom. The van der Waals surface area contributed by atoms with Crippen molar-refractivity contribution in [3.63, 3.8) is 0 Å². The maximum Gasteiger partial charge on any atom is 0.329 e. The molecule has 2 fully saturated rings. The second-order valence-corrected chi connectivity index (χ2v) is 7.14. The second kappa shape index (κ2) is 7.72. The number of carboxylic acids is 1. The monoisotopic (exact) mass is 356 g/mol. The van der Waals surface area contributed by atoms with Gasteiger partial charge in [-0.2, -0.15) is 0 Å². The van der Waals surface area contributed by atoms with Crippen LogP contribution in [0.4, 0.5) is 0 Å². The van der Waals surface area contributed by atoms with Crippen molar-refractivity contribution in [2.24, 2.45) is 0 Å². The third-order valence-electron chi connectivity index (χ3n) is 4.99. The smallest absolute Gasteiger partial charge is 0.329 e. The van der Waals surface area contributed by atoms with E-state index in [9.17, 15) is 19.5 Å². The first kappa shape index (κ1) is 18.2. The molecule has 26 heavy (non-hydrogen) atoms. The van der Waals surface area contributed by atoms with Gasteiger partial charge < -0.3 is 15.7 Å². The van der Waals surface area contributed by atoms with Crippen molar-refractivity contribution in [2.45, 2.75) is 56.5 Å². The van der Waals surface area contributed by atoms with Crippen LogP contribution < -0.4 is 10.6 Å². The van der Waals surface area contributed by atoms with Crippen molar-refractivity contribution in [3.05, 3.63) is 41.5 Å². The number of carboxylic acid groups (broad SMARTS) is 1. The van der Waals surface area contributed by atoms with Crippen LogP contribution >= 0.6 is 0 Å². The minimum absolute atomic E-state index is 0.0820. The third-order valence-corrected chi connectivity index (χ3v) is 4.99. The molecule has 0 spiro atoms. The summed E-state index contributed by atoms with van der Waals surface area (Å²) in [5.74, 6) is -1.46. The van der Waals surface area contributed by atoms with E-state index in [1.54, 1.807) is 30.3 Å². The maximum absolute atomic E-state index is 12.2. The molecule has 2 amide bonds. The van der Waals surface area contributed by atoms with Crippen LogP contribution in [0.25, 0.3) is 6.08 Å². The molecule has 3 rings (SSSR count). The molecule has 2 aliphatic carbocycles. The molecule has 0 heterocycles. The zero-order chi connectivity index (χ0) is 18.6. The molecular weight excluding hydrogens is 332 g/mol. The van der Waals surface area contributed by atoms with E-state index in [1.807, 2.05) is 0 Å². The minimum atomic E-state index is -1.15. The highest BCUT2D eigenvalue weighted by Gasteiger charge is 2.40. The first-order chi connectivity index (χ1) is 12.5. The van der Waals surface area contributed by atoms with E-state index in [0.29, 0.717) is 24.4 Å². The highest BCUT2D eigenvalue weighted by Crippen LogP contribution is 2.28. The van der Waals surface area contributed by atoms with E-state index >= 15 is 0 Å². The van der Waals surface area contributed by atoms with Crippen molar-refractivity contribution in [3.8, 4) is 0 Å². The van der Waals surface area contributed by atoms with Gasteiger partial charge in [0.05, 0.1) is 0 Å². The number of carbonyl (C=O) groups excluding carboxylic acids is 2. The van der Waals surface area contributed by atoms with Gasteiger partial charge in [-0.3, -0.25) is 9.59 Å². The van der Waals surface area contributed by atoms with E-state index in [1.165, 1.54) is 6.08 Å². The number of amides is 2. The highest BCUT2D eigenvalue weighted by atomic mass is 16.4. The average molecular weight is 356 g/mol. The molecule has 0 atom stereocenters. The number of benzene rings is 1. The summed E-state index contributed by atoms with van der Waals surface area (Å²) in [6.45, 7) is 0. The molecule has 3 N–H and O–H groups in total. The second-order valence-electron chi connectivity index (χ2n) is 7.14. The van der Waals surface area contributed by atoms with Gasteiger partial charge in [0.2, 0.25) is 5.91 Å². The van der Waals surface area contributed by atoms with E-state index in [-0.39, 0.29) is 5.91 Å². The molecule has 1 aromatic carbocycles. The largest absolute Gasteiger partial charge is 0.480 e. The van der Waals surface area contributed by atoms with Gasteiger partial charge in [0.25, 0.3) is 5.91 Å². The van der Waals surface area contributed by atoms with Gasteiger partial charge in [-0.15, -0.1) is 0 Å². The van der Waals surface area contributed by atoms with E-state index in [0.717, 1.165) is 37.7 Å². The van der Waals surface area contributed by atoms with Crippen LogP contribution in [0, 0.1) is 0 Å². The minimum Gasteiger partial charge on any atom is -0.480 e. The fraction of sp³-hybridized carbons (Fsp3) is 0.450. The summed E-state index contributed by atoms with van der Waals surface area (Å²) in [6.07, 6.45) is 8.59. The van der Waals surface area contributed by atoms with Crippen LogP contribution in [0.1, 0.15) is 60.9 Å². The molecule has 6 heteroatoms. The van der Waals surface area contributed by atoms with Gasteiger partial charge in [0.15, 0.2) is 0 Å². The fourth-order valence-corrected chi connectivity index (χ4v) is 3.24. The highest BCUT2D eigenvalue weighted by molar-refractivity contribution is 5.96. The lowest BCUT2D eigenvalue weighted by atomic mass is 9.81. The Hall–Kier alpha value is -2.63. The summed E-state index contributed by atoms with van der Waals surface area (Å²) in [7, 11) is 0. The van der Waals surface area contributed by atoms with Gasteiger partial charge in [-0.05, 0) is 49.5 Å². The van der Waals surface area contributed by atoms with Crippen molar-refractivity contribution < 1.29 is 19.5 Å². The lowest BCUT2D eigenvalue weighted by Crippen LogP contribution is -2.55. The third kappa shape index (κ3) is 4.50. The Bertz CT molecular complexity index is 714. The number of hydrogen-bond donors (Lipinski definition) is 3. The summed E-state index contributed by atoms with van der Waals surface area (Å²) < 4.78 is 0. The van der Waals surface area contributed by atoms with Gasteiger partial charge in [0, 0.05) is 17.7 Å². The average Bonchev–Trinajstić information content (AvgIpc) is 3.45. The van der Waals surface area contributed by atoms with Crippen LogP contribution in [-0.4, -0.2) is 34.5 Å². The first-order valence-electron chi connectivity index (χ1n) is 9.13. The summed E-state index contributed by atoms with van der Waals surface area (Å²) in [6, 6.07) is 7.27. The van der Waals surface area contributed by atoms with E-state index in [2.05, 4.69) is 10.6 Å². The molecule has 1 aromatic rings. The van der Waals surface area contributed by atoms with Crippen molar-refractivity contribution in [1.29, 1.82) is 0 Å². The Balaban J connectivity index is 1.58. The molecule has 2 saturated carbocycles. The van der Waals surface area contributed by atoms with Crippen LogP contribution in [0.15, 0.2) is 30.3 Å². The molecule has 0 saturated heterocycles. The van der Waals surface area contributed by atoms with Crippen molar-refractivity contribution in [2.75, 3.05) is 0 Å². The molecule has 138 valence electrons. The zero-order valence-corrected chi connectivity index (χ0v) is 14.7. The number of carbonyl (C=O) groups is 3.